The fraction of sp³-hybridized carbons (Fsp3) is 0.400. The first-order valence-corrected chi connectivity index (χ1v) is 4.73. The van der Waals surface area contributed by atoms with Gasteiger partial charge in [0.25, 0.3) is 0 Å². The van der Waals surface area contributed by atoms with Crippen molar-refractivity contribution >= 4 is 11.7 Å². The highest BCUT2D eigenvalue weighted by Crippen LogP contribution is 2.13. The van der Waals surface area contributed by atoms with E-state index in [0.29, 0.717) is 11.6 Å². The summed E-state index contributed by atoms with van der Waals surface area (Å²) in [5.41, 5.74) is 6.16. The van der Waals surface area contributed by atoms with Crippen LogP contribution in [0.2, 0.25) is 0 Å². The van der Waals surface area contributed by atoms with Crippen molar-refractivity contribution in [3.63, 3.8) is 0 Å². The maximum atomic E-state index is 8.56. The van der Waals surface area contributed by atoms with Crippen molar-refractivity contribution in [1.29, 1.82) is 0 Å². The van der Waals surface area contributed by atoms with Gasteiger partial charge in [-0.1, -0.05) is 5.16 Å². The molecule has 1 aromatic rings. The van der Waals surface area contributed by atoms with Gasteiger partial charge in [-0.05, 0) is 26.0 Å². The zero-order chi connectivity index (χ0) is 11.4. The molecule has 0 aromatic carbocycles. The molecule has 3 N–H and O–H groups in total. The number of hydrogen-bond acceptors (Lipinski definition) is 4. The standard InChI is InChI=1S/C10H16N4O/c1-7(2)14(3)9-6-8(4-5-12-9)10(11)13-15/h4-7,15H,1-3H3,(H2,11,13). The Labute approximate surface area is 89.2 Å². The van der Waals surface area contributed by atoms with Gasteiger partial charge in [0.05, 0.1) is 0 Å². The smallest absolute Gasteiger partial charge is 0.170 e. The quantitative estimate of drug-likeness (QED) is 0.336. The van der Waals surface area contributed by atoms with Crippen LogP contribution in [0.3, 0.4) is 0 Å². The second-order valence-corrected chi connectivity index (χ2v) is 3.59. The van der Waals surface area contributed by atoms with E-state index >= 15 is 0 Å². The number of rotatable bonds is 3. The fourth-order valence-electron chi connectivity index (χ4n) is 1.09. The summed E-state index contributed by atoms with van der Waals surface area (Å²) in [6.45, 7) is 4.13. The molecule has 0 spiro atoms. The lowest BCUT2D eigenvalue weighted by atomic mass is 10.2. The fourth-order valence-corrected chi connectivity index (χ4v) is 1.09. The Morgan fingerprint density at radius 3 is 2.80 bits per heavy atom. The van der Waals surface area contributed by atoms with Gasteiger partial charge in [0.2, 0.25) is 0 Å². The molecule has 0 unspecified atom stereocenters. The highest BCUT2D eigenvalue weighted by Gasteiger charge is 2.08. The largest absolute Gasteiger partial charge is 0.409 e. The molecule has 0 amide bonds. The molecular weight excluding hydrogens is 192 g/mol. The van der Waals surface area contributed by atoms with Crippen molar-refractivity contribution in [2.24, 2.45) is 10.9 Å². The molecule has 0 atom stereocenters. The maximum absolute atomic E-state index is 8.56. The van der Waals surface area contributed by atoms with Crippen molar-refractivity contribution in [2.45, 2.75) is 19.9 Å². The lowest BCUT2D eigenvalue weighted by Crippen LogP contribution is -2.27. The average molecular weight is 208 g/mol. The summed E-state index contributed by atoms with van der Waals surface area (Å²) in [4.78, 5) is 6.22. The summed E-state index contributed by atoms with van der Waals surface area (Å²) in [6, 6.07) is 3.84. The Hall–Kier alpha value is -1.78. The van der Waals surface area contributed by atoms with Crippen LogP contribution in [0.1, 0.15) is 19.4 Å². The van der Waals surface area contributed by atoms with Crippen LogP contribution in [0.4, 0.5) is 5.82 Å². The summed E-state index contributed by atoms with van der Waals surface area (Å²) in [6.07, 6.45) is 1.64. The highest BCUT2D eigenvalue weighted by molar-refractivity contribution is 5.97. The third kappa shape index (κ3) is 2.59. The SMILES string of the molecule is CC(C)N(C)c1cc(/C(N)=N/O)ccn1. The molecule has 5 heteroatoms. The maximum Gasteiger partial charge on any atom is 0.170 e. The van der Waals surface area contributed by atoms with E-state index < -0.39 is 0 Å². The first-order chi connectivity index (χ1) is 7.06. The van der Waals surface area contributed by atoms with Crippen molar-refractivity contribution in [3.05, 3.63) is 23.9 Å². The number of amidine groups is 1. The minimum absolute atomic E-state index is 0.0933. The Balaban J connectivity index is 3.02. The average Bonchev–Trinajstić information content (AvgIpc) is 2.27. The van der Waals surface area contributed by atoms with Crippen LogP contribution in [0.15, 0.2) is 23.5 Å². The number of nitrogens with zero attached hydrogens (tertiary/aromatic N) is 3. The first-order valence-electron chi connectivity index (χ1n) is 4.73. The molecule has 0 saturated carbocycles. The van der Waals surface area contributed by atoms with Gasteiger partial charge in [-0.25, -0.2) is 4.98 Å². The van der Waals surface area contributed by atoms with Crippen LogP contribution in [0.25, 0.3) is 0 Å². The lowest BCUT2D eigenvalue weighted by Gasteiger charge is -2.22. The van der Waals surface area contributed by atoms with Crippen LogP contribution in [0.5, 0.6) is 0 Å². The highest BCUT2D eigenvalue weighted by atomic mass is 16.4. The molecule has 0 aliphatic rings. The molecule has 1 aromatic heterocycles. The number of hydrogen-bond donors (Lipinski definition) is 2. The second-order valence-electron chi connectivity index (χ2n) is 3.59. The van der Waals surface area contributed by atoms with Crippen LogP contribution in [0, 0.1) is 0 Å². The molecule has 0 saturated heterocycles. The molecular formula is C10H16N4O. The van der Waals surface area contributed by atoms with E-state index in [-0.39, 0.29) is 5.84 Å². The van der Waals surface area contributed by atoms with Gasteiger partial charge < -0.3 is 15.8 Å². The Morgan fingerprint density at radius 1 is 1.60 bits per heavy atom. The van der Waals surface area contributed by atoms with E-state index in [0.717, 1.165) is 5.82 Å². The molecule has 82 valence electrons. The molecule has 0 bridgehead atoms. The van der Waals surface area contributed by atoms with Crippen molar-refractivity contribution in [1.82, 2.24) is 4.98 Å². The topological polar surface area (TPSA) is 74.7 Å². The van der Waals surface area contributed by atoms with Gasteiger partial charge in [-0.3, -0.25) is 0 Å². The van der Waals surface area contributed by atoms with E-state index in [2.05, 4.69) is 24.0 Å². The van der Waals surface area contributed by atoms with Gasteiger partial charge in [0.1, 0.15) is 5.82 Å². The van der Waals surface area contributed by atoms with Gasteiger partial charge in [-0.15, -0.1) is 0 Å². The van der Waals surface area contributed by atoms with Crippen molar-refractivity contribution < 1.29 is 5.21 Å². The molecule has 1 heterocycles. The van der Waals surface area contributed by atoms with Crippen LogP contribution in [-0.4, -0.2) is 29.1 Å². The van der Waals surface area contributed by atoms with E-state index in [1.807, 2.05) is 11.9 Å². The number of anilines is 1. The molecule has 0 aliphatic heterocycles. The van der Waals surface area contributed by atoms with Crippen molar-refractivity contribution in [3.8, 4) is 0 Å². The molecule has 0 aliphatic carbocycles. The number of oxime groups is 1. The predicted octanol–water partition coefficient (Wildman–Crippen LogP) is 1.02. The van der Waals surface area contributed by atoms with E-state index in [1.54, 1.807) is 18.3 Å². The summed E-state index contributed by atoms with van der Waals surface area (Å²) in [7, 11) is 1.95. The second kappa shape index (κ2) is 4.63. The zero-order valence-electron chi connectivity index (χ0n) is 9.18. The third-order valence-electron chi connectivity index (χ3n) is 2.28. The van der Waals surface area contributed by atoms with E-state index in [1.165, 1.54) is 0 Å². The summed E-state index contributed by atoms with van der Waals surface area (Å²) in [5, 5.41) is 11.5. The van der Waals surface area contributed by atoms with Gasteiger partial charge in [-0.2, -0.15) is 0 Å². The molecule has 5 nitrogen and oxygen atoms in total. The van der Waals surface area contributed by atoms with Crippen molar-refractivity contribution in [2.75, 3.05) is 11.9 Å². The molecule has 0 fully saturated rings. The number of pyridine rings is 1. The number of aromatic nitrogens is 1. The van der Waals surface area contributed by atoms with E-state index in [4.69, 9.17) is 10.9 Å². The molecule has 0 radical (unpaired) electrons. The zero-order valence-corrected chi connectivity index (χ0v) is 9.18. The monoisotopic (exact) mass is 208 g/mol. The first kappa shape index (κ1) is 11.3. The van der Waals surface area contributed by atoms with E-state index in [9.17, 15) is 0 Å². The van der Waals surface area contributed by atoms with Gasteiger partial charge in [0, 0.05) is 24.8 Å². The summed E-state index contributed by atoms with van der Waals surface area (Å²) >= 11 is 0. The third-order valence-corrected chi connectivity index (χ3v) is 2.28. The molecule has 1 rings (SSSR count). The normalized spacial score (nSPS) is 11.9. The van der Waals surface area contributed by atoms with Crippen LogP contribution < -0.4 is 10.6 Å². The molecule has 15 heavy (non-hydrogen) atoms. The predicted molar refractivity (Wildman–Crippen MR) is 60.3 cm³/mol. The lowest BCUT2D eigenvalue weighted by molar-refractivity contribution is 0.318. The van der Waals surface area contributed by atoms with Crippen LogP contribution >= 0.6 is 0 Å². The summed E-state index contributed by atoms with van der Waals surface area (Å²) < 4.78 is 0. The number of nitrogens with two attached hydrogens (primary N) is 1. The minimum atomic E-state index is 0.0933. The van der Waals surface area contributed by atoms with Gasteiger partial charge in [0.15, 0.2) is 5.84 Å². The Morgan fingerprint density at radius 2 is 2.27 bits per heavy atom. The Kier molecular flexibility index (Phi) is 3.49. The Bertz CT molecular complexity index is 362. The van der Waals surface area contributed by atoms with Crippen LogP contribution in [-0.2, 0) is 0 Å². The van der Waals surface area contributed by atoms with Gasteiger partial charge >= 0.3 is 0 Å². The minimum Gasteiger partial charge on any atom is -0.409 e. The summed E-state index contributed by atoms with van der Waals surface area (Å²) in [5.74, 6) is 0.893.